The highest BCUT2D eigenvalue weighted by molar-refractivity contribution is 5.88. The largest absolute Gasteiger partial charge is 0.396 e. The zero-order valence-corrected chi connectivity index (χ0v) is 17.5. The van der Waals surface area contributed by atoms with Crippen LogP contribution in [0.25, 0.3) is 10.8 Å². The van der Waals surface area contributed by atoms with Crippen molar-refractivity contribution in [2.45, 2.75) is 25.0 Å². The maximum absolute atomic E-state index is 13.3. The highest BCUT2D eigenvalue weighted by Crippen LogP contribution is 2.49. The van der Waals surface area contributed by atoms with Crippen LogP contribution in [0.5, 0.6) is 0 Å². The third kappa shape index (κ3) is 2.89. The molecule has 5 rings (SSSR count). The average Bonchev–Trinajstić information content (AvgIpc) is 3.18. The first-order chi connectivity index (χ1) is 14.5. The highest BCUT2D eigenvalue weighted by Gasteiger charge is 2.62. The second-order valence-electron chi connectivity index (χ2n) is 8.87. The zero-order valence-electron chi connectivity index (χ0n) is 17.5. The molecule has 0 saturated carbocycles. The molecule has 2 bridgehead atoms. The maximum Gasteiger partial charge on any atom is 0.274 e. The summed E-state index contributed by atoms with van der Waals surface area (Å²) in [6.07, 6.45) is 0.0187. The van der Waals surface area contributed by atoms with Crippen LogP contribution >= 0.6 is 0 Å². The van der Waals surface area contributed by atoms with Gasteiger partial charge in [-0.15, -0.1) is 0 Å². The molecular formula is C22H28N4O4. The Labute approximate surface area is 175 Å². The van der Waals surface area contributed by atoms with Crippen molar-refractivity contribution in [3.8, 4) is 0 Å². The fourth-order valence-electron chi connectivity index (χ4n) is 5.72. The van der Waals surface area contributed by atoms with E-state index in [0.717, 1.165) is 25.0 Å². The number of aromatic nitrogens is 2. The number of fused-ring (bicyclic) bond motifs is 2. The Hall–Kier alpha value is -2.29. The molecule has 0 unspecified atom stereocenters. The average molecular weight is 412 g/mol. The number of hydrogen-bond acceptors (Lipinski definition) is 6. The number of aryl methyl sites for hydroxylation is 1. The molecule has 3 saturated heterocycles. The molecule has 0 aliphatic carbocycles. The van der Waals surface area contributed by atoms with Crippen molar-refractivity contribution in [2.75, 3.05) is 39.3 Å². The number of likely N-dealkylation sites (tertiary alicyclic amines) is 2. The van der Waals surface area contributed by atoms with E-state index >= 15 is 0 Å². The molecule has 2 aromatic rings. The number of carbonyl (C=O) groups is 1. The van der Waals surface area contributed by atoms with Gasteiger partial charge in [-0.05, 0) is 12.6 Å². The van der Waals surface area contributed by atoms with Crippen LogP contribution in [-0.2, 0) is 23.0 Å². The van der Waals surface area contributed by atoms with Crippen LogP contribution in [0.4, 0.5) is 0 Å². The van der Waals surface area contributed by atoms with Gasteiger partial charge < -0.3 is 19.6 Å². The number of carbonyl (C=O) groups excluding carboxylic acids is 1. The predicted molar refractivity (Wildman–Crippen MR) is 111 cm³/mol. The first-order valence-corrected chi connectivity index (χ1v) is 10.7. The Morgan fingerprint density at radius 3 is 2.77 bits per heavy atom. The molecule has 8 nitrogen and oxygen atoms in total. The second kappa shape index (κ2) is 7.14. The number of benzene rings is 1. The van der Waals surface area contributed by atoms with Gasteiger partial charge in [-0.2, -0.15) is 5.10 Å². The molecule has 0 radical (unpaired) electrons. The van der Waals surface area contributed by atoms with Crippen molar-refractivity contribution >= 4 is 16.7 Å². The molecule has 1 aromatic carbocycles. The van der Waals surface area contributed by atoms with Gasteiger partial charge in [-0.3, -0.25) is 9.59 Å². The van der Waals surface area contributed by atoms with E-state index in [-0.39, 0.29) is 48.0 Å². The van der Waals surface area contributed by atoms with E-state index in [4.69, 9.17) is 4.74 Å². The summed E-state index contributed by atoms with van der Waals surface area (Å²) < 4.78 is 7.73. The highest BCUT2D eigenvalue weighted by atomic mass is 16.5. The lowest BCUT2D eigenvalue weighted by Crippen LogP contribution is -2.56. The van der Waals surface area contributed by atoms with Crippen LogP contribution in [0.2, 0.25) is 0 Å². The topological polar surface area (TPSA) is 87.9 Å². The Balaban J connectivity index is 1.43. The lowest BCUT2D eigenvalue weighted by molar-refractivity contribution is -0.153. The Morgan fingerprint density at radius 2 is 2.03 bits per heavy atom. The maximum atomic E-state index is 13.3. The minimum atomic E-state index is -0.388. The molecule has 3 fully saturated rings. The van der Waals surface area contributed by atoms with E-state index in [1.807, 2.05) is 23.1 Å². The number of aliphatic hydroxyl groups is 1. The van der Waals surface area contributed by atoms with Gasteiger partial charge in [-0.1, -0.05) is 25.1 Å². The van der Waals surface area contributed by atoms with Crippen LogP contribution in [0.3, 0.4) is 0 Å². The fraction of sp³-hybridized carbons (Fsp3) is 0.591. The minimum Gasteiger partial charge on any atom is -0.396 e. The summed E-state index contributed by atoms with van der Waals surface area (Å²) in [7, 11) is 1.62. The number of aliphatic hydroxyl groups excluding tert-OH is 1. The normalized spacial score (nSPS) is 30.8. The molecule has 1 amide bonds. The molecule has 160 valence electrons. The van der Waals surface area contributed by atoms with Gasteiger partial charge in [0.05, 0.1) is 30.1 Å². The van der Waals surface area contributed by atoms with Crippen LogP contribution < -0.4 is 5.56 Å². The standard InChI is InChI=1S/C22H28N4O4/c1-3-25-9-17-16(11-27)19-10-26(13-22(17,12-25)30-19)20(28)8-18-14-6-4-5-7-15(14)21(29)24(2)23-18/h4-7,16-17,19,27H,3,8-13H2,1-2H3/t16-,17+,19+,22-/m0/s1. The summed E-state index contributed by atoms with van der Waals surface area (Å²) in [6.45, 7) is 5.91. The zero-order chi connectivity index (χ0) is 21.0. The molecule has 4 atom stereocenters. The molecule has 1 aromatic heterocycles. The second-order valence-corrected chi connectivity index (χ2v) is 8.87. The van der Waals surface area contributed by atoms with Gasteiger partial charge >= 0.3 is 0 Å². The monoisotopic (exact) mass is 412 g/mol. The number of ether oxygens (including phenoxy) is 1. The van der Waals surface area contributed by atoms with E-state index in [9.17, 15) is 14.7 Å². The molecule has 8 heteroatoms. The molecule has 3 aliphatic rings. The fourth-order valence-corrected chi connectivity index (χ4v) is 5.72. The van der Waals surface area contributed by atoms with E-state index in [1.165, 1.54) is 4.68 Å². The third-order valence-electron chi connectivity index (χ3n) is 7.22. The summed E-state index contributed by atoms with van der Waals surface area (Å²) in [5.41, 5.74) is 0.0661. The summed E-state index contributed by atoms with van der Waals surface area (Å²) in [5, 5.41) is 15.7. The van der Waals surface area contributed by atoms with E-state index in [0.29, 0.717) is 24.2 Å². The summed E-state index contributed by atoms with van der Waals surface area (Å²) in [4.78, 5) is 29.9. The SMILES string of the molecule is CCN1C[C@@H]2[C@H](CO)[C@H]3CN(C(=O)Cc4nn(C)c(=O)c5ccccc45)C[C@]2(C1)O3. The first-order valence-electron chi connectivity index (χ1n) is 10.7. The van der Waals surface area contributed by atoms with Crippen molar-refractivity contribution in [2.24, 2.45) is 18.9 Å². The van der Waals surface area contributed by atoms with Gasteiger partial charge in [0.15, 0.2) is 0 Å². The Bertz CT molecular complexity index is 1050. The third-order valence-corrected chi connectivity index (χ3v) is 7.22. The van der Waals surface area contributed by atoms with E-state index in [2.05, 4.69) is 16.9 Å². The van der Waals surface area contributed by atoms with Gasteiger partial charge in [0.1, 0.15) is 5.60 Å². The van der Waals surface area contributed by atoms with Crippen molar-refractivity contribution in [1.82, 2.24) is 19.6 Å². The molecule has 1 spiro atoms. The number of rotatable bonds is 4. The quantitative estimate of drug-likeness (QED) is 0.762. The van der Waals surface area contributed by atoms with Gasteiger partial charge in [-0.25, -0.2) is 4.68 Å². The molecule has 3 aliphatic heterocycles. The number of morpholine rings is 1. The lowest BCUT2D eigenvalue weighted by atomic mass is 9.83. The minimum absolute atomic E-state index is 0.00809. The smallest absolute Gasteiger partial charge is 0.274 e. The van der Waals surface area contributed by atoms with E-state index in [1.54, 1.807) is 13.1 Å². The predicted octanol–water partition coefficient (Wildman–Crippen LogP) is 0.0160. The number of hydrogen-bond donors (Lipinski definition) is 1. The number of likely N-dealkylation sites (N-methyl/N-ethyl adjacent to an activating group) is 1. The first kappa shape index (κ1) is 19.7. The number of amides is 1. The Kier molecular flexibility index (Phi) is 4.68. The van der Waals surface area contributed by atoms with Crippen LogP contribution in [0, 0.1) is 11.8 Å². The lowest BCUT2D eigenvalue weighted by Gasteiger charge is -2.40. The van der Waals surface area contributed by atoms with Crippen LogP contribution in [0.1, 0.15) is 12.6 Å². The molecule has 1 N–H and O–H groups in total. The molecular weight excluding hydrogens is 384 g/mol. The number of nitrogens with zero attached hydrogens (tertiary/aromatic N) is 4. The summed E-state index contributed by atoms with van der Waals surface area (Å²) >= 11 is 0. The summed E-state index contributed by atoms with van der Waals surface area (Å²) in [5.74, 6) is 0.309. The molecule has 30 heavy (non-hydrogen) atoms. The van der Waals surface area contributed by atoms with E-state index < -0.39 is 0 Å². The van der Waals surface area contributed by atoms with Crippen molar-refractivity contribution in [3.63, 3.8) is 0 Å². The van der Waals surface area contributed by atoms with Gasteiger partial charge in [0.25, 0.3) is 5.56 Å². The van der Waals surface area contributed by atoms with Gasteiger partial charge in [0.2, 0.25) is 5.91 Å². The van der Waals surface area contributed by atoms with Crippen LogP contribution in [-0.4, -0.2) is 81.6 Å². The summed E-state index contributed by atoms with van der Waals surface area (Å²) in [6, 6.07) is 7.31. The van der Waals surface area contributed by atoms with Crippen LogP contribution in [0.15, 0.2) is 29.1 Å². The molecule has 4 heterocycles. The van der Waals surface area contributed by atoms with Crippen molar-refractivity contribution < 1.29 is 14.6 Å². The Morgan fingerprint density at radius 1 is 1.27 bits per heavy atom. The van der Waals surface area contributed by atoms with Gasteiger partial charge in [0, 0.05) is 50.5 Å². The van der Waals surface area contributed by atoms with Crippen molar-refractivity contribution in [1.29, 1.82) is 0 Å². The van der Waals surface area contributed by atoms with Crippen molar-refractivity contribution in [3.05, 3.63) is 40.3 Å².